The summed E-state index contributed by atoms with van der Waals surface area (Å²) >= 11 is 0. The molecule has 10 nitrogen and oxygen atoms in total. The van der Waals surface area contributed by atoms with Crippen LogP contribution < -0.4 is 11.5 Å². The summed E-state index contributed by atoms with van der Waals surface area (Å²) in [7, 11) is 0. The Labute approximate surface area is 112 Å². The normalized spacial score (nSPS) is 30.1. The molecule has 1 aliphatic heterocycles. The van der Waals surface area contributed by atoms with Gasteiger partial charge in [-0.1, -0.05) is 0 Å². The zero-order valence-electron chi connectivity index (χ0n) is 10.3. The first kappa shape index (κ1) is 13.0. The van der Waals surface area contributed by atoms with Crippen LogP contribution >= 0.6 is 0 Å². The van der Waals surface area contributed by atoms with Crippen LogP contribution in [0.15, 0.2) is 6.33 Å². The Bertz CT molecular complexity index is 646. The van der Waals surface area contributed by atoms with Gasteiger partial charge < -0.3 is 31.5 Å². The number of rotatable bonds is 2. The summed E-state index contributed by atoms with van der Waals surface area (Å²) in [4.78, 5) is 11.8. The predicted molar refractivity (Wildman–Crippen MR) is 67.2 cm³/mol. The highest BCUT2D eigenvalue weighted by molar-refractivity contribution is 5.82. The molecule has 0 aliphatic carbocycles. The van der Waals surface area contributed by atoms with E-state index in [0.29, 0.717) is 5.52 Å². The molecule has 10 heteroatoms. The van der Waals surface area contributed by atoms with Crippen molar-refractivity contribution in [1.29, 1.82) is 0 Å². The van der Waals surface area contributed by atoms with Crippen LogP contribution in [0, 0.1) is 0 Å². The van der Waals surface area contributed by atoms with E-state index in [2.05, 4.69) is 15.0 Å². The number of aliphatic hydroxyl groups is 3. The van der Waals surface area contributed by atoms with Gasteiger partial charge in [0.15, 0.2) is 17.7 Å². The summed E-state index contributed by atoms with van der Waals surface area (Å²) in [5, 5.41) is 28.8. The Hall–Kier alpha value is -2.01. The molecule has 0 saturated carbocycles. The van der Waals surface area contributed by atoms with Crippen molar-refractivity contribution in [2.45, 2.75) is 24.5 Å². The van der Waals surface area contributed by atoms with Gasteiger partial charge in [0.25, 0.3) is 0 Å². The number of hydrogen-bond acceptors (Lipinski definition) is 9. The molecule has 0 spiro atoms. The Balaban J connectivity index is 2.07. The van der Waals surface area contributed by atoms with E-state index >= 15 is 0 Å². The molecule has 1 aliphatic rings. The molecular weight excluding hydrogens is 268 g/mol. The van der Waals surface area contributed by atoms with E-state index in [9.17, 15) is 10.2 Å². The average Bonchev–Trinajstić information content (AvgIpc) is 2.93. The summed E-state index contributed by atoms with van der Waals surface area (Å²) < 4.78 is 6.79. The van der Waals surface area contributed by atoms with E-state index in [0.717, 1.165) is 0 Å². The molecular formula is C10H14N6O4. The fourth-order valence-electron chi connectivity index (χ4n) is 2.25. The van der Waals surface area contributed by atoms with Crippen LogP contribution in [0.4, 0.5) is 11.8 Å². The summed E-state index contributed by atoms with van der Waals surface area (Å²) in [5.41, 5.74) is 11.8. The molecule has 4 atom stereocenters. The van der Waals surface area contributed by atoms with Crippen molar-refractivity contribution >= 4 is 22.9 Å². The zero-order valence-corrected chi connectivity index (χ0v) is 10.3. The number of aliphatic hydroxyl groups excluding tert-OH is 3. The van der Waals surface area contributed by atoms with Crippen LogP contribution in [0.1, 0.15) is 6.23 Å². The molecule has 0 aromatic carbocycles. The highest BCUT2D eigenvalue weighted by Crippen LogP contribution is 2.31. The largest absolute Gasteiger partial charge is 0.394 e. The molecule has 3 heterocycles. The topological polar surface area (TPSA) is 166 Å². The SMILES string of the molecule is Nc1nc(N)c2ncn([C@@H]3O[C@@H](CO)[C@@H](O)[C@H]3O)c2n1. The minimum Gasteiger partial charge on any atom is -0.394 e. The number of hydrogen-bond donors (Lipinski definition) is 5. The highest BCUT2D eigenvalue weighted by Gasteiger charge is 2.44. The lowest BCUT2D eigenvalue weighted by Gasteiger charge is -2.16. The molecule has 20 heavy (non-hydrogen) atoms. The Morgan fingerprint density at radius 3 is 2.65 bits per heavy atom. The number of fused-ring (bicyclic) bond motifs is 1. The van der Waals surface area contributed by atoms with Crippen molar-refractivity contribution in [3.63, 3.8) is 0 Å². The van der Waals surface area contributed by atoms with Crippen LogP contribution in [-0.2, 0) is 4.74 Å². The molecule has 0 radical (unpaired) electrons. The summed E-state index contributed by atoms with van der Waals surface area (Å²) in [5.74, 6) is 0.0708. The number of nitrogen functional groups attached to an aromatic ring is 2. The van der Waals surface area contributed by atoms with Gasteiger partial charge in [0, 0.05) is 0 Å². The number of anilines is 2. The second-order valence-electron chi connectivity index (χ2n) is 4.52. The van der Waals surface area contributed by atoms with E-state index in [-0.39, 0.29) is 17.4 Å². The van der Waals surface area contributed by atoms with Crippen LogP contribution in [-0.4, -0.2) is 59.8 Å². The first-order valence-corrected chi connectivity index (χ1v) is 5.91. The molecule has 108 valence electrons. The monoisotopic (exact) mass is 282 g/mol. The molecule has 1 fully saturated rings. The second kappa shape index (κ2) is 4.52. The van der Waals surface area contributed by atoms with Gasteiger partial charge in [-0.25, -0.2) is 4.98 Å². The molecule has 2 aromatic heterocycles. The first-order valence-electron chi connectivity index (χ1n) is 5.91. The van der Waals surface area contributed by atoms with Gasteiger partial charge in [0.05, 0.1) is 12.9 Å². The third-order valence-electron chi connectivity index (χ3n) is 3.26. The smallest absolute Gasteiger partial charge is 0.224 e. The highest BCUT2D eigenvalue weighted by atomic mass is 16.6. The van der Waals surface area contributed by atoms with Crippen LogP contribution in [0.5, 0.6) is 0 Å². The lowest BCUT2D eigenvalue weighted by Crippen LogP contribution is -2.33. The number of nitrogens with zero attached hydrogens (tertiary/aromatic N) is 4. The zero-order chi connectivity index (χ0) is 14.4. The molecule has 7 N–H and O–H groups in total. The van der Waals surface area contributed by atoms with E-state index in [4.69, 9.17) is 21.3 Å². The molecule has 0 bridgehead atoms. The maximum atomic E-state index is 9.99. The van der Waals surface area contributed by atoms with Crippen molar-refractivity contribution in [1.82, 2.24) is 19.5 Å². The van der Waals surface area contributed by atoms with Crippen LogP contribution in [0.3, 0.4) is 0 Å². The van der Waals surface area contributed by atoms with Gasteiger partial charge in [0.1, 0.15) is 23.8 Å². The average molecular weight is 282 g/mol. The standard InChI is InChI=1S/C10H14N6O4/c11-7-4-8(15-10(12)14-7)16(2-13-4)9-6(19)5(18)3(1-17)20-9/h2-3,5-6,9,17-19H,1H2,(H4,11,12,14,15)/t3-,5+,6+,9+/m0/s1. The van der Waals surface area contributed by atoms with Crippen molar-refractivity contribution in [2.75, 3.05) is 18.1 Å². The van der Waals surface area contributed by atoms with E-state index in [1.807, 2.05) is 0 Å². The first-order chi connectivity index (χ1) is 9.52. The fraction of sp³-hybridized carbons (Fsp3) is 0.500. The van der Waals surface area contributed by atoms with Crippen molar-refractivity contribution < 1.29 is 20.1 Å². The van der Waals surface area contributed by atoms with Gasteiger partial charge in [0.2, 0.25) is 5.95 Å². The number of ether oxygens (including phenoxy) is 1. The minimum absolute atomic E-state index is 0.0384. The third kappa shape index (κ3) is 1.78. The maximum absolute atomic E-state index is 9.99. The number of nitrogens with two attached hydrogens (primary N) is 2. The van der Waals surface area contributed by atoms with E-state index in [1.54, 1.807) is 0 Å². The lowest BCUT2D eigenvalue weighted by molar-refractivity contribution is -0.0511. The van der Waals surface area contributed by atoms with Crippen LogP contribution in [0.2, 0.25) is 0 Å². The summed E-state index contributed by atoms with van der Waals surface area (Å²) in [6.45, 7) is -0.416. The van der Waals surface area contributed by atoms with Crippen molar-refractivity contribution in [3.8, 4) is 0 Å². The number of imidazole rings is 1. The van der Waals surface area contributed by atoms with E-state index in [1.165, 1.54) is 10.9 Å². The maximum Gasteiger partial charge on any atom is 0.224 e. The summed E-state index contributed by atoms with van der Waals surface area (Å²) in [6, 6.07) is 0. The van der Waals surface area contributed by atoms with Gasteiger partial charge in [-0.05, 0) is 0 Å². The Morgan fingerprint density at radius 2 is 2.00 bits per heavy atom. The molecule has 3 rings (SSSR count). The predicted octanol–water partition coefficient (Wildman–Crippen LogP) is -2.40. The summed E-state index contributed by atoms with van der Waals surface area (Å²) in [6.07, 6.45) is -2.92. The van der Waals surface area contributed by atoms with E-state index < -0.39 is 31.1 Å². The fourth-order valence-corrected chi connectivity index (χ4v) is 2.25. The van der Waals surface area contributed by atoms with Gasteiger partial charge in [-0.3, -0.25) is 4.57 Å². The number of aromatic nitrogens is 4. The quantitative estimate of drug-likeness (QED) is 0.403. The van der Waals surface area contributed by atoms with Crippen LogP contribution in [0.25, 0.3) is 11.2 Å². The van der Waals surface area contributed by atoms with Crippen molar-refractivity contribution in [3.05, 3.63) is 6.33 Å². The lowest BCUT2D eigenvalue weighted by atomic mass is 10.1. The Kier molecular flexibility index (Phi) is 2.94. The van der Waals surface area contributed by atoms with Gasteiger partial charge in [-0.2, -0.15) is 9.97 Å². The minimum atomic E-state index is -1.23. The molecule has 1 saturated heterocycles. The van der Waals surface area contributed by atoms with Crippen molar-refractivity contribution in [2.24, 2.45) is 0 Å². The third-order valence-corrected chi connectivity index (χ3v) is 3.26. The molecule has 0 amide bonds. The molecule has 0 unspecified atom stereocenters. The molecule has 2 aromatic rings. The Morgan fingerprint density at radius 1 is 1.25 bits per heavy atom. The van der Waals surface area contributed by atoms with Gasteiger partial charge in [-0.15, -0.1) is 0 Å². The van der Waals surface area contributed by atoms with Gasteiger partial charge >= 0.3 is 0 Å². The second-order valence-corrected chi connectivity index (χ2v) is 4.52.